The fourth-order valence-electron chi connectivity index (χ4n) is 2.75. The molecule has 24 heavy (non-hydrogen) atoms. The standard InChI is InChI=1S/C20H23NO3/c1-2-18(16-11-7-4-8-12-16)19(22)21-14-17(20(23)24)13-15-9-5-3-6-10-15/h3-12,17-18H,2,13-14H2,1H3,(H,21,22)(H,23,24). The summed E-state index contributed by atoms with van der Waals surface area (Å²) in [6.45, 7) is 2.09. The van der Waals surface area contributed by atoms with Crippen LogP contribution < -0.4 is 5.32 Å². The molecule has 2 aromatic rings. The molecule has 0 spiro atoms. The van der Waals surface area contributed by atoms with Crippen molar-refractivity contribution < 1.29 is 14.7 Å². The Hall–Kier alpha value is -2.62. The number of benzene rings is 2. The molecule has 0 aromatic heterocycles. The Morgan fingerprint density at radius 3 is 2.12 bits per heavy atom. The Bertz CT molecular complexity index is 655. The first-order valence-electron chi connectivity index (χ1n) is 8.21. The van der Waals surface area contributed by atoms with Crippen molar-refractivity contribution in [1.29, 1.82) is 0 Å². The van der Waals surface area contributed by atoms with Crippen molar-refractivity contribution in [2.24, 2.45) is 5.92 Å². The van der Waals surface area contributed by atoms with Crippen LogP contribution in [0.3, 0.4) is 0 Å². The topological polar surface area (TPSA) is 66.4 Å². The Morgan fingerprint density at radius 2 is 1.58 bits per heavy atom. The van der Waals surface area contributed by atoms with E-state index in [4.69, 9.17) is 0 Å². The molecule has 1 amide bonds. The highest BCUT2D eigenvalue weighted by atomic mass is 16.4. The molecule has 0 aliphatic carbocycles. The summed E-state index contributed by atoms with van der Waals surface area (Å²) in [5.41, 5.74) is 1.90. The van der Waals surface area contributed by atoms with Crippen LogP contribution in [-0.2, 0) is 16.0 Å². The second-order valence-corrected chi connectivity index (χ2v) is 5.84. The minimum atomic E-state index is -0.896. The van der Waals surface area contributed by atoms with Crippen molar-refractivity contribution in [2.45, 2.75) is 25.7 Å². The summed E-state index contributed by atoms with van der Waals surface area (Å²) in [5, 5.41) is 12.2. The van der Waals surface area contributed by atoms with Gasteiger partial charge in [-0.2, -0.15) is 0 Å². The van der Waals surface area contributed by atoms with Gasteiger partial charge in [-0.3, -0.25) is 9.59 Å². The molecule has 0 bridgehead atoms. The number of hydrogen-bond acceptors (Lipinski definition) is 2. The molecule has 2 unspecified atom stereocenters. The molecular formula is C20H23NO3. The van der Waals surface area contributed by atoms with Gasteiger partial charge in [0.2, 0.25) is 5.91 Å². The van der Waals surface area contributed by atoms with E-state index in [1.54, 1.807) is 0 Å². The first-order chi connectivity index (χ1) is 11.6. The van der Waals surface area contributed by atoms with Crippen molar-refractivity contribution in [3.8, 4) is 0 Å². The molecule has 2 aromatic carbocycles. The lowest BCUT2D eigenvalue weighted by molar-refractivity contribution is -0.141. The normalized spacial score (nSPS) is 13.0. The average molecular weight is 325 g/mol. The number of hydrogen-bond donors (Lipinski definition) is 2. The number of nitrogens with one attached hydrogen (secondary N) is 1. The molecule has 0 saturated carbocycles. The van der Waals surface area contributed by atoms with Crippen molar-refractivity contribution in [3.63, 3.8) is 0 Å². The summed E-state index contributed by atoms with van der Waals surface area (Å²) in [7, 11) is 0. The van der Waals surface area contributed by atoms with E-state index < -0.39 is 11.9 Å². The number of carbonyl (C=O) groups excluding carboxylic acids is 1. The molecule has 2 N–H and O–H groups in total. The Labute approximate surface area is 142 Å². The van der Waals surface area contributed by atoms with Crippen molar-refractivity contribution in [2.75, 3.05) is 6.54 Å². The molecule has 4 nitrogen and oxygen atoms in total. The molecule has 2 atom stereocenters. The van der Waals surface area contributed by atoms with Gasteiger partial charge in [0.1, 0.15) is 0 Å². The third kappa shape index (κ3) is 4.95. The summed E-state index contributed by atoms with van der Waals surface area (Å²) in [4.78, 5) is 23.9. The molecule has 0 fully saturated rings. The van der Waals surface area contributed by atoms with Crippen molar-refractivity contribution >= 4 is 11.9 Å². The maximum absolute atomic E-state index is 12.5. The lowest BCUT2D eigenvalue weighted by Gasteiger charge is -2.18. The summed E-state index contributed by atoms with van der Waals surface area (Å²) in [6, 6.07) is 19.0. The number of aliphatic carboxylic acids is 1. The molecule has 0 aliphatic heterocycles. The van der Waals surface area contributed by atoms with Crippen molar-refractivity contribution in [1.82, 2.24) is 5.32 Å². The van der Waals surface area contributed by atoms with Crippen LogP contribution in [0.2, 0.25) is 0 Å². The van der Waals surface area contributed by atoms with Crippen LogP contribution in [0.4, 0.5) is 0 Å². The highest BCUT2D eigenvalue weighted by Gasteiger charge is 2.22. The third-order valence-corrected chi connectivity index (χ3v) is 4.12. The number of carbonyl (C=O) groups is 2. The second-order valence-electron chi connectivity index (χ2n) is 5.84. The summed E-state index contributed by atoms with van der Waals surface area (Å²) < 4.78 is 0. The average Bonchev–Trinajstić information content (AvgIpc) is 2.61. The molecule has 0 aliphatic rings. The largest absolute Gasteiger partial charge is 0.481 e. The van der Waals surface area contributed by atoms with Gasteiger partial charge in [0.05, 0.1) is 11.8 Å². The highest BCUT2D eigenvalue weighted by Crippen LogP contribution is 2.19. The van der Waals surface area contributed by atoms with Crippen LogP contribution in [0.5, 0.6) is 0 Å². The number of carboxylic acids is 1. The first kappa shape index (κ1) is 17.7. The van der Waals surface area contributed by atoms with E-state index >= 15 is 0 Å². The smallest absolute Gasteiger partial charge is 0.308 e. The van der Waals surface area contributed by atoms with Crippen LogP contribution >= 0.6 is 0 Å². The van der Waals surface area contributed by atoms with Gasteiger partial charge in [0.15, 0.2) is 0 Å². The van der Waals surface area contributed by atoms with Gasteiger partial charge in [0.25, 0.3) is 0 Å². The molecule has 4 heteroatoms. The van der Waals surface area contributed by atoms with Crippen LogP contribution in [-0.4, -0.2) is 23.5 Å². The first-order valence-corrected chi connectivity index (χ1v) is 8.21. The maximum atomic E-state index is 12.5. The number of rotatable bonds is 8. The second kappa shape index (κ2) is 8.87. The zero-order chi connectivity index (χ0) is 17.4. The van der Waals surface area contributed by atoms with Gasteiger partial charge >= 0.3 is 5.97 Å². The summed E-state index contributed by atoms with van der Waals surface area (Å²) in [5.74, 6) is -1.91. The van der Waals surface area contributed by atoms with E-state index in [0.29, 0.717) is 12.8 Å². The van der Waals surface area contributed by atoms with Gasteiger partial charge < -0.3 is 10.4 Å². The van der Waals surface area contributed by atoms with Gasteiger partial charge in [0, 0.05) is 6.54 Å². The predicted molar refractivity (Wildman–Crippen MR) is 93.8 cm³/mol. The van der Waals surface area contributed by atoms with E-state index in [-0.39, 0.29) is 18.4 Å². The van der Waals surface area contributed by atoms with Crippen molar-refractivity contribution in [3.05, 3.63) is 71.8 Å². The SMILES string of the molecule is CCC(C(=O)NCC(Cc1ccccc1)C(=O)O)c1ccccc1. The monoisotopic (exact) mass is 325 g/mol. The lowest BCUT2D eigenvalue weighted by atomic mass is 9.94. The summed E-state index contributed by atoms with van der Waals surface area (Å²) in [6.07, 6.45) is 1.07. The van der Waals surface area contributed by atoms with Crippen LogP contribution in [0.15, 0.2) is 60.7 Å². The zero-order valence-corrected chi connectivity index (χ0v) is 13.8. The predicted octanol–water partition coefficient (Wildman–Crippen LogP) is 3.24. The van der Waals surface area contributed by atoms with Gasteiger partial charge in [-0.25, -0.2) is 0 Å². The highest BCUT2D eigenvalue weighted by molar-refractivity contribution is 5.84. The zero-order valence-electron chi connectivity index (χ0n) is 13.8. The molecule has 0 heterocycles. The van der Waals surface area contributed by atoms with E-state index in [1.165, 1.54) is 0 Å². The van der Waals surface area contributed by atoms with E-state index in [1.807, 2.05) is 67.6 Å². The molecular weight excluding hydrogens is 302 g/mol. The van der Waals surface area contributed by atoms with Gasteiger partial charge in [-0.1, -0.05) is 67.6 Å². The molecule has 0 radical (unpaired) electrons. The Kier molecular flexibility index (Phi) is 6.55. The van der Waals surface area contributed by atoms with Gasteiger partial charge in [-0.05, 0) is 24.0 Å². The quantitative estimate of drug-likeness (QED) is 0.783. The summed E-state index contributed by atoms with van der Waals surface area (Å²) >= 11 is 0. The molecule has 0 saturated heterocycles. The van der Waals surface area contributed by atoms with E-state index in [0.717, 1.165) is 11.1 Å². The molecule has 2 rings (SSSR count). The van der Waals surface area contributed by atoms with E-state index in [9.17, 15) is 14.7 Å². The Balaban J connectivity index is 1.98. The lowest BCUT2D eigenvalue weighted by Crippen LogP contribution is -2.36. The maximum Gasteiger partial charge on any atom is 0.308 e. The fraction of sp³-hybridized carbons (Fsp3) is 0.300. The number of amides is 1. The van der Waals surface area contributed by atoms with Crippen LogP contribution in [0, 0.1) is 5.92 Å². The van der Waals surface area contributed by atoms with Gasteiger partial charge in [-0.15, -0.1) is 0 Å². The van der Waals surface area contributed by atoms with Crippen LogP contribution in [0.1, 0.15) is 30.4 Å². The minimum Gasteiger partial charge on any atom is -0.481 e. The van der Waals surface area contributed by atoms with E-state index in [2.05, 4.69) is 5.32 Å². The molecule has 126 valence electrons. The number of carboxylic acid groups (broad SMARTS) is 1. The fourth-order valence-corrected chi connectivity index (χ4v) is 2.75. The minimum absolute atomic E-state index is 0.122. The van der Waals surface area contributed by atoms with Crippen LogP contribution in [0.25, 0.3) is 0 Å². The third-order valence-electron chi connectivity index (χ3n) is 4.12. The Morgan fingerprint density at radius 1 is 1.00 bits per heavy atom.